The molecule has 0 heterocycles. The fourth-order valence-corrected chi connectivity index (χ4v) is 1.37. The topological polar surface area (TPSA) is 63.4 Å². The molecule has 1 N–H and O–H groups in total. The first-order valence-electron chi connectivity index (χ1n) is 4.57. The molecule has 5 nitrogen and oxygen atoms in total. The highest BCUT2D eigenvalue weighted by Crippen LogP contribution is 2.29. The summed E-state index contributed by atoms with van der Waals surface area (Å²) in [6, 6.07) is 4.36. The van der Waals surface area contributed by atoms with Gasteiger partial charge >= 0.3 is 0 Å². The van der Waals surface area contributed by atoms with Crippen molar-refractivity contribution in [2.24, 2.45) is 0 Å². The number of nitro groups is 1. The van der Waals surface area contributed by atoms with Crippen molar-refractivity contribution in [2.75, 3.05) is 21.1 Å². The maximum atomic E-state index is 10.7. The highest BCUT2D eigenvalue weighted by molar-refractivity contribution is 5.48. The van der Waals surface area contributed by atoms with Gasteiger partial charge in [-0.2, -0.15) is 0 Å². The van der Waals surface area contributed by atoms with E-state index in [-0.39, 0.29) is 11.4 Å². The zero-order valence-electron chi connectivity index (χ0n) is 9.10. The smallest absolute Gasteiger partial charge is 0.282 e. The van der Waals surface area contributed by atoms with Crippen LogP contribution in [0.15, 0.2) is 18.2 Å². The molecule has 0 radical (unpaired) electrons. The Hall–Kier alpha value is -1.62. The second-order valence-corrected chi connectivity index (χ2v) is 4.48. The van der Waals surface area contributed by atoms with E-state index in [2.05, 4.69) is 0 Å². The van der Waals surface area contributed by atoms with E-state index in [4.69, 9.17) is 0 Å². The van der Waals surface area contributed by atoms with Crippen LogP contribution < -0.4 is 0 Å². The van der Waals surface area contributed by atoms with Crippen molar-refractivity contribution in [1.29, 1.82) is 0 Å². The Bertz CT molecular complexity index is 383. The van der Waals surface area contributed by atoms with E-state index in [1.165, 1.54) is 18.2 Å². The summed E-state index contributed by atoms with van der Waals surface area (Å²) in [5.74, 6) is -0.0164. The van der Waals surface area contributed by atoms with Gasteiger partial charge in [-0.05, 0) is 6.07 Å². The third kappa shape index (κ3) is 2.92. The Morgan fingerprint density at radius 2 is 2.00 bits per heavy atom. The van der Waals surface area contributed by atoms with E-state index < -0.39 is 4.92 Å². The SMILES string of the molecule is C[N+](C)(C)Cc1c(O)cccc1[N+](=O)[O-]. The van der Waals surface area contributed by atoms with Gasteiger partial charge in [-0.1, -0.05) is 6.07 Å². The molecular weight excluding hydrogens is 196 g/mol. The molecule has 0 spiro atoms. The van der Waals surface area contributed by atoms with Crippen LogP contribution in [0.25, 0.3) is 0 Å². The summed E-state index contributed by atoms with van der Waals surface area (Å²) in [6.07, 6.45) is 0. The van der Waals surface area contributed by atoms with Crippen molar-refractivity contribution in [3.05, 3.63) is 33.9 Å². The number of nitrogens with zero attached hydrogens (tertiary/aromatic N) is 2. The number of benzene rings is 1. The van der Waals surface area contributed by atoms with Crippen molar-refractivity contribution >= 4 is 5.69 Å². The van der Waals surface area contributed by atoms with Crippen LogP contribution in [-0.4, -0.2) is 35.7 Å². The third-order valence-electron chi connectivity index (χ3n) is 1.96. The van der Waals surface area contributed by atoms with Crippen molar-refractivity contribution in [1.82, 2.24) is 0 Å². The summed E-state index contributed by atoms with van der Waals surface area (Å²) in [5.41, 5.74) is 0.359. The molecule has 0 saturated heterocycles. The minimum atomic E-state index is -0.468. The predicted molar refractivity (Wildman–Crippen MR) is 56.5 cm³/mol. The standard InChI is InChI=1S/C10H14N2O3/c1-12(2,3)7-8-9(11(14)15)5-4-6-10(8)13/h4-6H,7H2,1-3H3/p+1. The molecule has 82 valence electrons. The number of phenolic OH excluding ortho intramolecular Hbond substituents is 1. The van der Waals surface area contributed by atoms with Gasteiger partial charge in [-0.25, -0.2) is 0 Å². The molecule has 0 bridgehead atoms. The van der Waals surface area contributed by atoms with E-state index in [0.717, 1.165) is 0 Å². The summed E-state index contributed by atoms with van der Waals surface area (Å²) < 4.78 is 0.526. The van der Waals surface area contributed by atoms with Gasteiger partial charge in [0.1, 0.15) is 17.9 Å². The lowest BCUT2D eigenvalue weighted by atomic mass is 10.1. The molecule has 0 unspecified atom stereocenters. The number of hydrogen-bond acceptors (Lipinski definition) is 3. The van der Waals surface area contributed by atoms with Crippen LogP contribution >= 0.6 is 0 Å². The van der Waals surface area contributed by atoms with Gasteiger partial charge in [0.25, 0.3) is 5.69 Å². The number of nitro benzene ring substituents is 1. The molecular formula is C10H15N2O3+. The first-order chi connectivity index (χ1) is 6.81. The number of rotatable bonds is 3. The molecule has 0 aliphatic carbocycles. The minimum Gasteiger partial charge on any atom is -0.507 e. The Kier molecular flexibility index (Phi) is 2.95. The molecule has 0 aliphatic rings. The molecule has 1 rings (SSSR count). The maximum Gasteiger partial charge on any atom is 0.282 e. The number of phenols is 1. The lowest BCUT2D eigenvalue weighted by molar-refractivity contribution is -0.884. The van der Waals surface area contributed by atoms with Crippen molar-refractivity contribution in [3.63, 3.8) is 0 Å². The van der Waals surface area contributed by atoms with Gasteiger partial charge < -0.3 is 9.59 Å². The largest absolute Gasteiger partial charge is 0.507 e. The highest BCUT2D eigenvalue weighted by Gasteiger charge is 2.22. The van der Waals surface area contributed by atoms with Crippen LogP contribution in [0.1, 0.15) is 5.56 Å². The van der Waals surface area contributed by atoms with Gasteiger partial charge in [0.15, 0.2) is 0 Å². The van der Waals surface area contributed by atoms with Crippen LogP contribution in [0.5, 0.6) is 5.75 Å². The van der Waals surface area contributed by atoms with Crippen LogP contribution in [0.3, 0.4) is 0 Å². The molecule has 15 heavy (non-hydrogen) atoms. The summed E-state index contributed by atoms with van der Waals surface area (Å²) >= 11 is 0. The van der Waals surface area contributed by atoms with Gasteiger partial charge in [0.05, 0.1) is 26.1 Å². The van der Waals surface area contributed by atoms with Crippen LogP contribution in [-0.2, 0) is 6.54 Å². The average Bonchev–Trinajstić information content (AvgIpc) is 2.05. The van der Waals surface area contributed by atoms with E-state index in [0.29, 0.717) is 16.6 Å². The quantitative estimate of drug-likeness (QED) is 0.468. The first-order valence-corrected chi connectivity index (χ1v) is 4.57. The van der Waals surface area contributed by atoms with E-state index in [1.807, 2.05) is 21.1 Å². The van der Waals surface area contributed by atoms with Gasteiger partial charge in [-0.15, -0.1) is 0 Å². The molecule has 0 amide bonds. The van der Waals surface area contributed by atoms with E-state index >= 15 is 0 Å². The van der Waals surface area contributed by atoms with Crippen molar-refractivity contribution < 1.29 is 14.5 Å². The van der Waals surface area contributed by atoms with Crippen LogP contribution in [0, 0.1) is 10.1 Å². The van der Waals surface area contributed by atoms with Gasteiger partial charge in [-0.3, -0.25) is 10.1 Å². The number of aromatic hydroxyl groups is 1. The molecule has 1 aromatic carbocycles. The third-order valence-corrected chi connectivity index (χ3v) is 1.96. The Labute approximate surface area is 88.3 Å². The molecule has 1 aromatic rings. The Balaban J connectivity index is 3.19. The van der Waals surface area contributed by atoms with Gasteiger partial charge in [0.2, 0.25) is 0 Å². The molecule has 0 aromatic heterocycles. The number of quaternary nitrogens is 1. The second kappa shape index (κ2) is 3.86. The van der Waals surface area contributed by atoms with Crippen molar-refractivity contribution in [3.8, 4) is 5.75 Å². The van der Waals surface area contributed by atoms with E-state index in [1.54, 1.807) is 0 Å². The minimum absolute atomic E-state index is 0.0164. The molecule has 0 aliphatic heterocycles. The molecule has 5 heteroatoms. The lowest BCUT2D eigenvalue weighted by Gasteiger charge is -2.23. The summed E-state index contributed by atoms with van der Waals surface area (Å²) in [7, 11) is 5.74. The molecule has 0 saturated carbocycles. The highest BCUT2D eigenvalue weighted by atomic mass is 16.6. The summed E-state index contributed by atoms with van der Waals surface area (Å²) in [6.45, 7) is 0.420. The van der Waals surface area contributed by atoms with Crippen LogP contribution in [0.2, 0.25) is 0 Å². The fourth-order valence-electron chi connectivity index (χ4n) is 1.37. The average molecular weight is 211 g/mol. The Morgan fingerprint density at radius 3 is 2.47 bits per heavy atom. The molecule has 0 fully saturated rings. The zero-order valence-corrected chi connectivity index (χ0v) is 9.10. The summed E-state index contributed by atoms with van der Waals surface area (Å²) in [5, 5.41) is 20.3. The monoisotopic (exact) mass is 211 g/mol. The predicted octanol–water partition coefficient (Wildman–Crippen LogP) is 1.51. The van der Waals surface area contributed by atoms with Crippen LogP contribution in [0.4, 0.5) is 5.69 Å². The first kappa shape index (κ1) is 11.5. The zero-order chi connectivity index (χ0) is 11.6. The molecule has 0 atom stereocenters. The Morgan fingerprint density at radius 1 is 1.40 bits per heavy atom. The van der Waals surface area contributed by atoms with Gasteiger partial charge in [0, 0.05) is 6.07 Å². The maximum absolute atomic E-state index is 10.7. The fraction of sp³-hybridized carbons (Fsp3) is 0.400. The van der Waals surface area contributed by atoms with E-state index in [9.17, 15) is 15.2 Å². The van der Waals surface area contributed by atoms with Crippen molar-refractivity contribution in [2.45, 2.75) is 6.54 Å². The number of hydrogen-bond donors (Lipinski definition) is 1. The second-order valence-electron chi connectivity index (χ2n) is 4.48. The summed E-state index contributed by atoms with van der Waals surface area (Å²) in [4.78, 5) is 10.3. The lowest BCUT2D eigenvalue weighted by Crippen LogP contribution is -2.33. The normalized spacial score (nSPS) is 11.4.